The molecule has 488 valence electrons. The van der Waals surface area contributed by atoms with Gasteiger partial charge in [-0.2, -0.15) is 12.6 Å². The van der Waals surface area contributed by atoms with E-state index < -0.39 is 139 Å². The molecule has 0 aliphatic rings. The van der Waals surface area contributed by atoms with Crippen molar-refractivity contribution in [3.8, 4) is 5.75 Å². The van der Waals surface area contributed by atoms with Gasteiger partial charge in [0, 0.05) is 55.3 Å². The number of guanidine groups is 3. The molecule has 1 heterocycles. The number of aromatic nitrogens is 1. The third-order valence-electron chi connectivity index (χ3n) is 13.2. The predicted molar refractivity (Wildman–Crippen MR) is 331 cm³/mol. The number of thiol groups is 1. The lowest BCUT2D eigenvalue weighted by atomic mass is 10.0. The summed E-state index contributed by atoms with van der Waals surface area (Å²) in [5, 5.41) is 42.0. The molecule has 0 bridgehead atoms. The van der Waals surface area contributed by atoms with Crippen LogP contribution in [0.5, 0.6) is 5.75 Å². The average molecular weight is 1270 g/mol. The Morgan fingerprint density at radius 3 is 1.53 bits per heavy atom. The maximum absolute atomic E-state index is 14.4. The number of nitrogens with one attached hydrogen (secondary N) is 10. The molecule has 8 atom stereocenters. The number of carboxylic acid groups (broad SMARTS) is 1. The topological polar surface area (TPSA) is 598 Å². The number of carboxylic acids is 1. The molecular formula is C54H83N21O13S. The number of aromatic hydroxyl groups is 1. The van der Waals surface area contributed by atoms with E-state index in [0.29, 0.717) is 28.5 Å². The van der Waals surface area contributed by atoms with E-state index in [-0.39, 0.29) is 94.0 Å². The van der Waals surface area contributed by atoms with Crippen molar-refractivity contribution in [2.24, 2.45) is 66.8 Å². The van der Waals surface area contributed by atoms with Gasteiger partial charge in [0.25, 0.3) is 0 Å². The molecule has 2 aromatic carbocycles. The smallest absolute Gasteiger partial charge is 0.322 e. The third kappa shape index (κ3) is 27.1. The monoisotopic (exact) mass is 1270 g/mol. The number of carbonyl (C=O) groups is 11. The summed E-state index contributed by atoms with van der Waals surface area (Å²) in [4.78, 5) is 162. The quantitative estimate of drug-likeness (QED) is 0.0109. The van der Waals surface area contributed by atoms with Gasteiger partial charge in [0.05, 0.1) is 19.0 Å². The highest BCUT2D eigenvalue weighted by molar-refractivity contribution is 7.80. The molecule has 0 saturated heterocycles. The number of para-hydroxylation sites is 1. The van der Waals surface area contributed by atoms with E-state index in [0.717, 1.165) is 0 Å². The van der Waals surface area contributed by atoms with Crippen LogP contribution in [-0.4, -0.2) is 185 Å². The molecule has 0 aliphatic heterocycles. The highest BCUT2D eigenvalue weighted by Crippen LogP contribution is 2.20. The van der Waals surface area contributed by atoms with E-state index in [9.17, 15) is 57.8 Å². The van der Waals surface area contributed by atoms with Crippen LogP contribution in [0.4, 0.5) is 0 Å². The van der Waals surface area contributed by atoms with Crippen LogP contribution in [0, 0.1) is 5.92 Å². The molecule has 3 rings (SSSR count). The number of aliphatic imine (C=N–C) groups is 3. The summed E-state index contributed by atoms with van der Waals surface area (Å²) in [7, 11) is 0. The lowest BCUT2D eigenvalue weighted by Crippen LogP contribution is -2.60. The van der Waals surface area contributed by atoms with Crippen molar-refractivity contribution in [2.75, 3.05) is 38.5 Å². The van der Waals surface area contributed by atoms with Crippen LogP contribution in [0.25, 0.3) is 10.9 Å². The first-order valence-electron chi connectivity index (χ1n) is 28.1. The van der Waals surface area contributed by atoms with E-state index in [1.165, 1.54) is 24.3 Å². The third-order valence-corrected chi connectivity index (χ3v) is 13.5. The van der Waals surface area contributed by atoms with Crippen LogP contribution >= 0.6 is 12.6 Å². The molecular weight excluding hydrogens is 1180 g/mol. The SMILES string of the molecule is CC(C)[C@H](NC(=O)[C@H](CS)NC(=O)[C@H](CCCN=C(N)N)NC(=O)[C@H](CCCN=C(N)N)NC(=O)[C@H](Cc1ccc(O)cc1)NC(=O)[C@@H](N)CCCN=C(N)N)C(=O)NCC(=O)N[C@@H](Cc1c[nH]c2ccccc12)C(=O)N[C@@H](CC(N)=O)C(=O)NCC(=O)O. The number of nitrogens with two attached hydrogens (primary N) is 8. The minimum absolute atomic E-state index is 0.00316. The van der Waals surface area contributed by atoms with E-state index >= 15 is 0 Å². The zero-order valence-corrected chi connectivity index (χ0v) is 50.2. The molecule has 28 N–H and O–H groups in total. The summed E-state index contributed by atoms with van der Waals surface area (Å²) >= 11 is 4.29. The number of rotatable bonds is 39. The van der Waals surface area contributed by atoms with Gasteiger partial charge in [-0.15, -0.1) is 0 Å². The molecule has 0 unspecified atom stereocenters. The second-order valence-corrected chi connectivity index (χ2v) is 21.1. The molecule has 3 aromatic rings. The van der Waals surface area contributed by atoms with E-state index in [1.807, 2.05) is 0 Å². The fraction of sp³-hybridized carbons (Fsp3) is 0.481. The number of benzene rings is 2. The maximum Gasteiger partial charge on any atom is 0.322 e. The largest absolute Gasteiger partial charge is 0.508 e. The second-order valence-electron chi connectivity index (χ2n) is 20.7. The van der Waals surface area contributed by atoms with Crippen LogP contribution in [0.3, 0.4) is 0 Å². The van der Waals surface area contributed by atoms with Gasteiger partial charge in [-0.05, 0) is 73.8 Å². The first-order valence-corrected chi connectivity index (χ1v) is 28.7. The zero-order chi connectivity index (χ0) is 66.3. The molecule has 0 saturated carbocycles. The predicted octanol–water partition coefficient (Wildman–Crippen LogP) is -6.68. The number of primary amides is 1. The second kappa shape index (κ2) is 37.6. The summed E-state index contributed by atoms with van der Waals surface area (Å²) in [6.07, 6.45) is 0.879. The zero-order valence-electron chi connectivity index (χ0n) is 49.3. The average Bonchev–Trinajstić information content (AvgIpc) is 3.89. The van der Waals surface area contributed by atoms with Crippen molar-refractivity contribution in [1.82, 2.24) is 52.8 Å². The number of aliphatic carboxylic acids is 1. The summed E-state index contributed by atoms with van der Waals surface area (Å²) in [5.41, 5.74) is 46.1. The lowest BCUT2D eigenvalue weighted by molar-refractivity contribution is -0.138. The number of H-pyrrole nitrogens is 1. The molecule has 89 heavy (non-hydrogen) atoms. The molecule has 0 radical (unpaired) electrons. The molecule has 35 heteroatoms. The van der Waals surface area contributed by atoms with Gasteiger partial charge < -0.3 is 109 Å². The Kier molecular flexibility index (Phi) is 31.0. The summed E-state index contributed by atoms with van der Waals surface area (Å²) in [6.45, 7) is 1.69. The van der Waals surface area contributed by atoms with E-state index in [2.05, 4.69) is 80.4 Å². The maximum atomic E-state index is 14.4. The van der Waals surface area contributed by atoms with Gasteiger partial charge in [-0.25, -0.2) is 0 Å². The molecule has 1 aromatic heterocycles. The molecule has 0 spiro atoms. The molecule has 0 aliphatic carbocycles. The van der Waals surface area contributed by atoms with Crippen LogP contribution in [-0.2, 0) is 65.6 Å². The van der Waals surface area contributed by atoms with Crippen molar-refractivity contribution < 1.29 is 63.0 Å². The lowest BCUT2D eigenvalue weighted by Gasteiger charge is -2.28. The van der Waals surface area contributed by atoms with Crippen LogP contribution in [0.1, 0.15) is 69.9 Å². The highest BCUT2D eigenvalue weighted by Gasteiger charge is 2.35. The van der Waals surface area contributed by atoms with Gasteiger partial charge in [0.2, 0.25) is 59.1 Å². The number of hydrogen-bond acceptors (Lipinski definition) is 17. The highest BCUT2D eigenvalue weighted by atomic mass is 32.1. The molecule has 10 amide bonds. The van der Waals surface area contributed by atoms with E-state index in [4.69, 9.17) is 51.0 Å². The normalized spacial score (nSPS) is 13.6. The van der Waals surface area contributed by atoms with Gasteiger partial charge >= 0.3 is 5.97 Å². The molecule has 0 fully saturated rings. The van der Waals surface area contributed by atoms with Crippen LogP contribution < -0.4 is 93.7 Å². The Morgan fingerprint density at radius 2 is 1.01 bits per heavy atom. The van der Waals surface area contributed by atoms with Crippen LogP contribution in [0.15, 0.2) is 69.7 Å². The van der Waals surface area contributed by atoms with Crippen molar-refractivity contribution >= 4 is 106 Å². The van der Waals surface area contributed by atoms with Gasteiger partial charge in [0.1, 0.15) is 54.6 Å². The Hall–Kier alpha value is -9.93. The standard InChI is InChI=1S/C54H83N21O13S/c1-27(2)43(51(88)67-24-41(78)69-37(21-29-23-66-33-10-4-3-8-31(29)33)49(86)73-38(22-40(56)77)45(82)68-25-42(79)80)75-50(87)39(26-89)74-47(84)35(12-7-19-65-54(61)62)70-46(83)34(11-6-18-64-53(59)60)71-48(85)36(20-28-13-15-30(76)16-14-28)72-44(81)32(55)9-5-17-63-52(57)58/h3-4,8,10,13-16,23,27,32,34-39,43,66,76,89H,5-7,9,11-12,17-22,24-26,55H2,1-2H3,(H2,56,77)(H,67,88)(H,68,82)(H,69,78)(H,70,83)(H,71,85)(H,72,81)(H,73,86)(H,74,84)(H,75,87)(H,79,80)(H4,57,58,63)(H4,59,60,64)(H4,61,62,65)/t32-,34-,35-,36-,37-,38-,39-,43-/m0/s1. The fourth-order valence-corrected chi connectivity index (χ4v) is 8.83. The van der Waals surface area contributed by atoms with Crippen molar-refractivity contribution in [1.29, 1.82) is 0 Å². The Morgan fingerprint density at radius 1 is 0.539 bits per heavy atom. The Labute approximate surface area is 517 Å². The fourth-order valence-electron chi connectivity index (χ4n) is 8.57. The summed E-state index contributed by atoms with van der Waals surface area (Å²) in [5.74, 6) is -12.4. The minimum atomic E-state index is -1.65. The van der Waals surface area contributed by atoms with Gasteiger partial charge in [-0.1, -0.05) is 44.2 Å². The minimum Gasteiger partial charge on any atom is -0.508 e. The molecule has 34 nitrogen and oxygen atoms in total. The first-order chi connectivity index (χ1) is 42.1. The Balaban J connectivity index is 1.85. The number of fused-ring (bicyclic) bond motifs is 1. The van der Waals surface area contributed by atoms with Crippen LogP contribution in [0.2, 0.25) is 0 Å². The number of amides is 10. The van der Waals surface area contributed by atoms with Gasteiger partial charge in [0.15, 0.2) is 17.9 Å². The number of aromatic amines is 1. The number of phenols is 1. The van der Waals surface area contributed by atoms with Gasteiger partial charge in [-0.3, -0.25) is 67.7 Å². The Bertz CT molecular complexity index is 3020. The number of hydrogen-bond donors (Lipinski definition) is 21. The number of carbonyl (C=O) groups excluding carboxylic acids is 10. The summed E-state index contributed by atoms with van der Waals surface area (Å²) < 4.78 is 0. The number of nitrogens with zero attached hydrogens (tertiary/aromatic N) is 3. The van der Waals surface area contributed by atoms with E-state index in [1.54, 1.807) is 44.3 Å². The first kappa shape index (κ1) is 73.3. The van der Waals surface area contributed by atoms with Crippen molar-refractivity contribution in [3.63, 3.8) is 0 Å². The van der Waals surface area contributed by atoms with Crippen molar-refractivity contribution in [3.05, 3.63) is 65.9 Å². The number of phenolic OH excluding ortho intramolecular Hbond substituents is 1. The van der Waals surface area contributed by atoms with Crippen molar-refractivity contribution in [2.45, 2.75) is 120 Å². The summed E-state index contributed by atoms with van der Waals surface area (Å²) in [6, 6.07) is 1.47.